The number of unbranched alkanes of at least 4 members (excludes halogenated alkanes) is 12. The van der Waals surface area contributed by atoms with Crippen molar-refractivity contribution in [3.8, 4) is 0 Å². The fraction of sp³-hybridized carbons (Fsp3) is 1.00. The molecule has 0 bridgehead atoms. The zero-order valence-electron chi connectivity index (χ0n) is 12.7. The van der Waals surface area contributed by atoms with Crippen molar-refractivity contribution in [3.05, 3.63) is 0 Å². The van der Waals surface area contributed by atoms with Crippen molar-refractivity contribution in [2.75, 3.05) is 0 Å². The van der Waals surface area contributed by atoms with E-state index in [9.17, 15) is 0 Å². The van der Waals surface area contributed by atoms with Gasteiger partial charge in [-0.15, -0.1) is 0 Å². The fourth-order valence-corrected chi connectivity index (χ4v) is 3.10. The van der Waals surface area contributed by atoms with Gasteiger partial charge in [0.05, 0.1) is 0 Å². The van der Waals surface area contributed by atoms with Crippen molar-refractivity contribution in [1.82, 2.24) is 0 Å². The molecule has 0 aliphatic carbocycles. The van der Waals surface area contributed by atoms with Crippen LogP contribution in [0.5, 0.6) is 0 Å². The minimum atomic E-state index is -3.76. The standard InChI is InChI=1S/C15H34O3Si/c1-2-3-4-5-6-7-8-9-10-11-12-13-14-15-19(16,17)18/h16-18H,2-15H2,1H3. The van der Waals surface area contributed by atoms with E-state index < -0.39 is 8.80 Å². The molecule has 19 heavy (non-hydrogen) atoms. The van der Waals surface area contributed by atoms with Gasteiger partial charge < -0.3 is 14.4 Å². The molecule has 0 saturated heterocycles. The van der Waals surface area contributed by atoms with Crippen LogP contribution in [0, 0.1) is 0 Å². The van der Waals surface area contributed by atoms with Gasteiger partial charge in [0.25, 0.3) is 0 Å². The lowest BCUT2D eigenvalue weighted by Crippen LogP contribution is -2.33. The van der Waals surface area contributed by atoms with Crippen molar-refractivity contribution in [2.24, 2.45) is 0 Å². The van der Waals surface area contributed by atoms with Crippen LogP contribution in [0.3, 0.4) is 0 Å². The van der Waals surface area contributed by atoms with E-state index in [-0.39, 0.29) is 6.04 Å². The van der Waals surface area contributed by atoms with Crippen LogP contribution in [0.25, 0.3) is 0 Å². The first-order chi connectivity index (χ1) is 9.06. The molecule has 3 N–H and O–H groups in total. The van der Waals surface area contributed by atoms with Crippen molar-refractivity contribution >= 4 is 8.80 Å². The summed E-state index contributed by atoms with van der Waals surface area (Å²) >= 11 is 0. The maximum atomic E-state index is 8.84. The highest BCUT2D eigenvalue weighted by molar-refractivity contribution is 6.56. The molecular weight excluding hydrogens is 256 g/mol. The summed E-state index contributed by atoms with van der Waals surface area (Å²) in [4.78, 5) is 26.5. The zero-order chi connectivity index (χ0) is 14.4. The minimum absolute atomic E-state index is 0.199. The summed E-state index contributed by atoms with van der Waals surface area (Å²) in [6.07, 6.45) is 16.5. The Balaban J connectivity index is 2.99. The lowest BCUT2D eigenvalue weighted by Gasteiger charge is -2.08. The summed E-state index contributed by atoms with van der Waals surface area (Å²) in [5.74, 6) is 0. The molecule has 0 rings (SSSR count). The summed E-state index contributed by atoms with van der Waals surface area (Å²) in [5, 5.41) is 0. The van der Waals surface area contributed by atoms with E-state index in [0.29, 0.717) is 0 Å². The lowest BCUT2D eigenvalue weighted by atomic mass is 10.1. The van der Waals surface area contributed by atoms with Gasteiger partial charge in [0.15, 0.2) is 0 Å². The first-order valence-corrected chi connectivity index (χ1v) is 10.3. The predicted molar refractivity (Wildman–Crippen MR) is 82.9 cm³/mol. The molecule has 0 radical (unpaired) electrons. The zero-order valence-corrected chi connectivity index (χ0v) is 13.7. The fourth-order valence-electron chi connectivity index (χ4n) is 2.38. The second kappa shape index (κ2) is 13.1. The Labute approximate surface area is 120 Å². The average molecular weight is 291 g/mol. The molecule has 0 spiro atoms. The van der Waals surface area contributed by atoms with E-state index in [2.05, 4.69) is 6.92 Å². The molecule has 0 unspecified atom stereocenters. The Kier molecular flexibility index (Phi) is 13.2. The highest BCUT2D eigenvalue weighted by Crippen LogP contribution is 2.13. The smallest absolute Gasteiger partial charge is 0.390 e. The predicted octanol–water partition coefficient (Wildman–Crippen LogP) is 3.99. The van der Waals surface area contributed by atoms with E-state index >= 15 is 0 Å². The molecule has 0 aromatic carbocycles. The van der Waals surface area contributed by atoms with Crippen molar-refractivity contribution in [1.29, 1.82) is 0 Å². The first kappa shape index (κ1) is 19.1. The van der Waals surface area contributed by atoms with E-state index in [1.54, 1.807) is 0 Å². The van der Waals surface area contributed by atoms with Gasteiger partial charge in [-0.25, -0.2) is 0 Å². The molecule has 0 fully saturated rings. The molecule has 3 nitrogen and oxygen atoms in total. The van der Waals surface area contributed by atoms with Crippen LogP contribution >= 0.6 is 0 Å². The summed E-state index contributed by atoms with van der Waals surface area (Å²) < 4.78 is 0. The van der Waals surface area contributed by atoms with Crippen molar-refractivity contribution in [2.45, 2.75) is 96.4 Å². The van der Waals surface area contributed by atoms with Gasteiger partial charge >= 0.3 is 8.80 Å². The Bertz CT molecular complexity index is 181. The molecule has 0 saturated carbocycles. The minimum Gasteiger partial charge on any atom is -0.390 e. The monoisotopic (exact) mass is 290 g/mol. The highest BCUT2D eigenvalue weighted by atomic mass is 28.4. The van der Waals surface area contributed by atoms with Gasteiger partial charge in [0.2, 0.25) is 0 Å². The third-order valence-electron chi connectivity index (χ3n) is 3.62. The van der Waals surface area contributed by atoms with Gasteiger partial charge in [0.1, 0.15) is 0 Å². The molecule has 4 heteroatoms. The molecule has 116 valence electrons. The van der Waals surface area contributed by atoms with Gasteiger partial charge in [-0.3, -0.25) is 0 Å². The lowest BCUT2D eigenvalue weighted by molar-refractivity contribution is 0.226. The van der Waals surface area contributed by atoms with E-state index in [4.69, 9.17) is 14.4 Å². The topological polar surface area (TPSA) is 60.7 Å². The van der Waals surface area contributed by atoms with E-state index in [0.717, 1.165) is 19.3 Å². The van der Waals surface area contributed by atoms with E-state index in [1.807, 2.05) is 0 Å². The average Bonchev–Trinajstić information content (AvgIpc) is 2.34. The van der Waals surface area contributed by atoms with Crippen LogP contribution in [-0.2, 0) is 0 Å². The van der Waals surface area contributed by atoms with Gasteiger partial charge in [-0.05, 0) is 6.42 Å². The van der Waals surface area contributed by atoms with Gasteiger partial charge in [-0.2, -0.15) is 0 Å². The number of hydrogen-bond acceptors (Lipinski definition) is 3. The van der Waals surface area contributed by atoms with Crippen LogP contribution in [0.15, 0.2) is 0 Å². The van der Waals surface area contributed by atoms with Crippen LogP contribution < -0.4 is 0 Å². The van der Waals surface area contributed by atoms with Crippen molar-refractivity contribution < 1.29 is 14.4 Å². The Morgan fingerprint density at radius 3 is 1.16 bits per heavy atom. The molecule has 0 amide bonds. The third kappa shape index (κ3) is 18.1. The first-order valence-electron chi connectivity index (χ1n) is 8.23. The summed E-state index contributed by atoms with van der Waals surface area (Å²) in [6.45, 7) is 2.25. The Morgan fingerprint density at radius 1 is 0.526 bits per heavy atom. The molecular formula is C15H34O3Si. The molecule has 0 heterocycles. The molecule has 0 aromatic heterocycles. The van der Waals surface area contributed by atoms with Gasteiger partial charge in [0, 0.05) is 6.04 Å². The quantitative estimate of drug-likeness (QED) is 0.335. The van der Waals surface area contributed by atoms with E-state index in [1.165, 1.54) is 64.2 Å². The maximum Gasteiger partial charge on any atom is 0.492 e. The largest absolute Gasteiger partial charge is 0.492 e. The second-order valence-electron chi connectivity index (χ2n) is 5.77. The van der Waals surface area contributed by atoms with Crippen LogP contribution in [-0.4, -0.2) is 23.2 Å². The Hall–Kier alpha value is 0.0969. The molecule has 0 aromatic rings. The van der Waals surface area contributed by atoms with Crippen LogP contribution in [0.1, 0.15) is 90.4 Å². The van der Waals surface area contributed by atoms with Gasteiger partial charge in [-0.1, -0.05) is 84.0 Å². The molecule has 0 aliphatic heterocycles. The summed E-state index contributed by atoms with van der Waals surface area (Å²) in [6, 6.07) is 0.199. The van der Waals surface area contributed by atoms with Crippen molar-refractivity contribution in [3.63, 3.8) is 0 Å². The number of hydrogen-bond donors (Lipinski definition) is 3. The second-order valence-corrected chi connectivity index (χ2v) is 7.82. The van der Waals surface area contributed by atoms with Crippen LogP contribution in [0.2, 0.25) is 6.04 Å². The third-order valence-corrected chi connectivity index (χ3v) is 4.64. The number of rotatable bonds is 14. The summed E-state index contributed by atoms with van der Waals surface area (Å²) in [5.41, 5.74) is 0. The highest BCUT2D eigenvalue weighted by Gasteiger charge is 2.25. The molecule has 0 aliphatic rings. The SMILES string of the molecule is CCCCCCCCCCCCCCC[Si](O)(O)O. The molecule has 0 atom stereocenters. The Morgan fingerprint density at radius 2 is 0.842 bits per heavy atom. The maximum absolute atomic E-state index is 8.84. The summed E-state index contributed by atoms with van der Waals surface area (Å²) in [7, 11) is -3.76. The van der Waals surface area contributed by atoms with Crippen LogP contribution in [0.4, 0.5) is 0 Å². The normalized spacial score (nSPS) is 12.0.